The molecule has 170 valence electrons. The second-order valence-corrected chi connectivity index (χ2v) is 7.98. The van der Waals surface area contributed by atoms with Gasteiger partial charge in [0.1, 0.15) is 24.1 Å². The van der Waals surface area contributed by atoms with Crippen LogP contribution in [0.4, 0.5) is 5.82 Å². The molecule has 9 heteroatoms. The quantitative estimate of drug-likeness (QED) is 0.343. The van der Waals surface area contributed by atoms with E-state index in [1.807, 2.05) is 0 Å². The minimum absolute atomic E-state index is 0.0375. The maximum absolute atomic E-state index is 13.1. The van der Waals surface area contributed by atoms with Crippen molar-refractivity contribution in [3.63, 3.8) is 0 Å². The van der Waals surface area contributed by atoms with Crippen LogP contribution >= 0.6 is 0 Å². The summed E-state index contributed by atoms with van der Waals surface area (Å²) in [6.07, 6.45) is 6.50. The van der Waals surface area contributed by atoms with Gasteiger partial charge in [-0.1, -0.05) is 58.3 Å². The van der Waals surface area contributed by atoms with E-state index >= 15 is 0 Å². The highest BCUT2D eigenvalue weighted by Crippen LogP contribution is 2.37. The van der Waals surface area contributed by atoms with E-state index in [9.17, 15) is 24.9 Å². The molecule has 0 unspecified atom stereocenters. The Morgan fingerprint density at radius 2 is 1.77 bits per heavy atom. The zero-order valence-corrected chi connectivity index (χ0v) is 17.7. The van der Waals surface area contributed by atoms with Gasteiger partial charge in [0.25, 0.3) is 0 Å². The number of ketones is 1. The van der Waals surface area contributed by atoms with Crippen LogP contribution in [0.15, 0.2) is 17.1 Å². The third-order valence-electron chi connectivity index (χ3n) is 5.71. The van der Waals surface area contributed by atoms with E-state index in [1.165, 1.54) is 44.4 Å². The summed E-state index contributed by atoms with van der Waals surface area (Å²) in [4.78, 5) is 29.1. The third-order valence-corrected chi connectivity index (χ3v) is 5.71. The first-order valence-corrected chi connectivity index (χ1v) is 10.9. The fraction of sp³-hybridized carbons (Fsp3) is 0.762. The second-order valence-electron chi connectivity index (χ2n) is 7.98. The summed E-state index contributed by atoms with van der Waals surface area (Å²) in [5.41, 5.74) is 2.51. The number of Topliss-reactive ketones (excluding diaryl/α,β-unsaturated/α-hetero) is 1. The van der Waals surface area contributed by atoms with Crippen LogP contribution in [0.2, 0.25) is 0 Å². The molecule has 0 radical (unpaired) electrons. The first-order valence-electron chi connectivity index (χ1n) is 10.9. The van der Waals surface area contributed by atoms with Crippen molar-refractivity contribution in [2.75, 3.05) is 12.3 Å². The molecule has 1 saturated heterocycles. The lowest BCUT2D eigenvalue weighted by Gasteiger charge is -2.32. The zero-order chi connectivity index (χ0) is 22.1. The fourth-order valence-corrected chi connectivity index (χ4v) is 3.96. The van der Waals surface area contributed by atoms with Gasteiger partial charge in [-0.3, -0.25) is 9.36 Å². The van der Waals surface area contributed by atoms with Crippen molar-refractivity contribution in [1.29, 1.82) is 0 Å². The number of aliphatic hydroxyl groups excluding tert-OH is 3. The molecule has 0 bridgehead atoms. The van der Waals surface area contributed by atoms with Crippen LogP contribution in [0, 0.1) is 0 Å². The molecule has 1 aliphatic heterocycles. The Bertz CT molecular complexity index is 740. The molecule has 2 heterocycles. The van der Waals surface area contributed by atoms with Crippen LogP contribution in [0.5, 0.6) is 0 Å². The first kappa shape index (κ1) is 24.5. The smallest absolute Gasteiger partial charge is 0.352 e. The van der Waals surface area contributed by atoms with Gasteiger partial charge < -0.3 is 25.8 Å². The van der Waals surface area contributed by atoms with Crippen LogP contribution in [-0.2, 0) is 15.3 Å². The number of unbranched alkanes of at least 4 members (excludes halogenated alkanes) is 8. The van der Waals surface area contributed by atoms with Crippen LogP contribution in [0.1, 0.15) is 71.1 Å². The molecular formula is C21H35N3O6. The molecule has 0 aliphatic carbocycles. The lowest BCUT2D eigenvalue weighted by Crippen LogP contribution is -2.55. The minimum Gasteiger partial charge on any atom is -0.394 e. The molecule has 1 aromatic rings. The summed E-state index contributed by atoms with van der Waals surface area (Å²) < 4.78 is 6.47. The molecule has 30 heavy (non-hydrogen) atoms. The SMILES string of the molecule is CCCCCCCCCCCC(=O)[C@@]1(n2ccc(N)nc2=O)O[C@H](CO)[C@@H](O)[C@H]1O. The molecule has 5 N–H and O–H groups in total. The van der Waals surface area contributed by atoms with E-state index < -0.39 is 42.1 Å². The van der Waals surface area contributed by atoms with Crippen molar-refractivity contribution >= 4 is 11.6 Å². The van der Waals surface area contributed by atoms with Gasteiger partial charge in [-0.15, -0.1) is 0 Å². The Balaban J connectivity index is 2.04. The summed E-state index contributed by atoms with van der Waals surface area (Å²) in [5.74, 6) is -0.578. The van der Waals surface area contributed by atoms with Gasteiger partial charge in [0.05, 0.1) is 6.61 Å². The van der Waals surface area contributed by atoms with Crippen molar-refractivity contribution in [3.8, 4) is 0 Å². The van der Waals surface area contributed by atoms with Gasteiger partial charge in [0.15, 0.2) is 5.78 Å². The Labute approximate surface area is 176 Å². The number of hydrogen-bond acceptors (Lipinski definition) is 8. The maximum Gasteiger partial charge on any atom is 0.352 e. The number of ether oxygens (including phenoxy) is 1. The van der Waals surface area contributed by atoms with E-state index in [4.69, 9.17) is 10.5 Å². The average molecular weight is 426 g/mol. The number of aromatic nitrogens is 2. The monoisotopic (exact) mass is 425 g/mol. The fourth-order valence-electron chi connectivity index (χ4n) is 3.96. The molecular weight excluding hydrogens is 390 g/mol. The predicted molar refractivity (Wildman–Crippen MR) is 112 cm³/mol. The second kappa shape index (κ2) is 11.5. The van der Waals surface area contributed by atoms with E-state index in [0.29, 0.717) is 6.42 Å². The van der Waals surface area contributed by atoms with Gasteiger partial charge >= 0.3 is 5.69 Å². The lowest BCUT2D eigenvalue weighted by molar-refractivity contribution is -0.176. The number of nitrogens with two attached hydrogens (primary N) is 1. The molecule has 2 rings (SSSR count). The van der Waals surface area contributed by atoms with Crippen molar-refractivity contribution in [2.45, 2.75) is 95.2 Å². The van der Waals surface area contributed by atoms with Gasteiger partial charge in [-0.25, -0.2) is 4.79 Å². The Hall–Kier alpha value is -1.81. The molecule has 0 saturated carbocycles. The molecule has 0 aromatic carbocycles. The summed E-state index contributed by atoms with van der Waals surface area (Å²) in [5, 5.41) is 30.3. The van der Waals surface area contributed by atoms with Crippen LogP contribution in [-0.4, -0.2) is 55.6 Å². The van der Waals surface area contributed by atoms with Crippen molar-refractivity contribution in [3.05, 3.63) is 22.7 Å². The van der Waals surface area contributed by atoms with E-state index in [-0.39, 0.29) is 12.2 Å². The van der Waals surface area contributed by atoms with Crippen LogP contribution in [0.3, 0.4) is 0 Å². The number of aliphatic hydroxyl groups is 3. The van der Waals surface area contributed by atoms with E-state index in [0.717, 1.165) is 23.8 Å². The van der Waals surface area contributed by atoms with Gasteiger partial charge in [-0.2, -0.15) is 4.98 Å². The molecule has 0 spiro atoms. The molecule has 0 amide bonds. The number of hydrogen-bond donors (Lipinski definition) is 4. The summed E-state index contributed by atoms with van der Waals surface area (Å²) in [6, 6.07) is 1.31. The highest BCUT2D eigenvalue weighted by Gasteiger charge is 2.60. The van der Waals surface area contributed by atoms with Crippen molar-refractivity contribution in [2.24, 2.45) is 0 Å². The van der Waals surface area contributed by atoms with Gasteiger partial charge in [0.2, 0.25) is 5.72 Å². The summed E-state index contributed by atoms with van der Waals surface area (Å²) in [6.45, 7) is 1.58. The zero-order valence-electron chi connectivity index (χ0n) is 17.7. The van der Waals surface area contributed by atoms with Crippen LogP contribution in [0.25, 0.3) is 0 Å². The molecule has 9 nitrogen and oxygen atoms in total. The molecule has 1 aromatic heterocycles. The van der Waals surface area contributed by atoms with E-state index in [2.05, 4.69) is 11.9 Å². The first-order chi connectivity index (χ1) is 14.4. The third kappa shape index (κ3) is 5.46. The largest absolute Gasteiger partial charge is 0.394 e. The Kier molecular flexibility index (Phi) is 9.41. The van der Waals surface area contributed by atoms with E-state index in [1.54, 1.807) is 0 Å². The molecule has 1 fully saturated rings. The number of nitrogen functional groups attached to an aromatic ring is 1. The predicted octanol–water partition coefficient (Wildman–Crippen LogP) is 1.08. The van der Waals surface area contributed by atoms with Crippen molar-refractivity contribution < 1.29 is 24.9 Å². The molecule has 4 atom stereocenters. The standard InChI is InChI=1S/C21H35N3O6/c1-2-3-4-5-6-7-8-9-10-11-16(26)21(19(28)18(27)15(14-25)30-21)24-13-12-17(22)23-20(24)29/h12-13,15,18-19,25,27-28H,2-11,14H2,1H3,(H2,22,23,29)/t15-,18-,19-,21-/m1/s1. The highest BCUT2D eigenvalue weighted by molar-refractivity contribution is 5.86. The Morgan fingerprint density at radius 3 is 2.30 bits per heavy atom. The van der Waals surface area contributed by atoms with Gasteiger partial charge in [0, 0.05) is 12.6 Å². The number of nitrogens with zero attached hydrogens (tertiary/aromatic N) is 2. The maximum atomic E-state index is 13.1. The normalized spacial score (nSPS) is 26.2. The lowest BCUT2D eigenvalue weighted by atomic mass is 9.94. The minimum atomic E-state index is -2.13. The average Bonchev–Trinajstić information content (AvgIpc) is 2.98. The highest BCUT2D eigenvalue weighted by atomic mass is 16.6. The van der Waals surface area contributed by atoms with Crippen molar-refractivity contribution in [1.82, 2.24) is 9.55 Å². The van der Waals surface area contributed by atoms with Crippen LogP contribution < -0.4 is 11.4 Å². The summed E-state index contributed by atoms with van der Waals surface area (Å²) >= 11 is 0. The number of carbonyl (C=O) groups is 1. The number of carbonyl (C=O) groups excluding carboxylic acids is 1. The molecule has 1 aliphatic rings. The van der Waals surface area contributed by atoms with Gasteiger partial charge in [-0.05, 0) is 12.5 Å². The Morgan fingerprint density at radius 1 is 1.17 bits per heavy atom. The number of rotatable bonds is 13. The topological polar surface area (TPSA) is 148 Å². The number of anilines is 1. The summed E-state index contributed by atoms with van der Waals surface area (Å²) in [7, 11) is 0.